The maximum Gasteiger partial charge on any atom is 0.289 e. The molecule has 0 spiro atoms. The van der Waals surface area contributed by atoms with Crippen LogP contribution >= 0.6 is 0 Å². The van der Waals surface area contributed by atoms with E-state index < -0.39 is 19.1 Å². The number of aliphatic imine (C=N–C) groups is 1. The third-order valence-electron chi connectivity index (χ3n) is 1.76. The predicted octanol–water partition coefficient (Wildman–Crippen LogP) is 1.04. The first-order valence-electron chi connectivity index (χ1n) is 4.64. The van der Waals surface area contributed by atoms with Crippen LogP contribution in [0.2, 0.25) is 0 Å². The minimum absolute atomic E-state index is 0.112. The van der Waals surface area contributed by atoms with Crippen molar-refractivity contribution < 1.29 is 13.9 Å². The number of halogens is 2. The van der Waals surface area contributed by atoms with Gasteiger partial charge in [0.25, 0.3) is 5.92 Å². The highest BCUT2D eigenvalue weighted by Crippen LogP contribution is 2.12. The molecule has 0 saturated carbocycles. The van der Waals surface area contributed by atoms with E-state index in [-0.39, 0.29) is 5.96 Å². The largest absolute Gasteiger partial charge is 0.390 e. The second kappa shape index (κ2) is 5.41. The third kappa shape index (κ3) is 4.22. The van der Waals surface area contributed by atoms with Crippen LogP contribution in [0.15, 0.2) is 35.3 Å². The van der Waals surface area contributed by atoms with Crippen molar-refractivity contribution in [1.82, 2.24) is 0 Å². The summed E-state index contributed by atoms with van der Waals surface area (Å²) in [7, 11) is 0. The highest BCUT2D eigenvalue weighted by Gasteiger charge is 2.27. The Morgan fingerprint density at radius 3 is 2.56 bits per heavy atom. The number of para-hydroxylation sites is 1. The van der Waals surface area contributed by atoms with Gasteiger partial charge in [0.15, 0.2) is 5.96 Å². The Morgan fingerprint density at radius 2 is 2.00 bits per heavy atom. The van der Waals surface area contributed by atoms with E-state index in [1.165, 1.54) is 0 Å². The average molecular weight is 229 g/mol. The van der Waals surface area contributed by atoms with E-state index in [9.17, 15) is 8.78 Å². The molecule has 0 unspecified atom stereocenters. The van der Waals surface area contributed by atoms with Gasteiger partial charge < -0.3 is 16.2 Å². The lowest BCUT2D eigenvalue weighted by Crippen LogP contribution is -2.29. The van der Waals surface area contributed by atoms with Gasteiger partial charge in [0.1, 0.15) is 13.2 Å². The molecule has 1 aromatic carbocycles. The molecule has 0 aliphatic heterocycles. The van der Waals surface area contributed by atoms with Gasteiger partial charge in [0, 0.05) is 5.69 Å². The van der Waals surface area contributed by atoms with Crippen LogP contribution in [-0.2, 0) is 0 Å². The van der Waals surface area contributed by atoms with E-state index in [0.717, 1.165) is 0 Å². The van der Waals surface area contributed by atoms with E-state index in [2.05, 4.69) is 10.3 Å². The Bertz CT molecular complexity index is 354. The molecule has 0 heterocycles. The smallest absolute Gasteiger partial charge is 0.289 e. The van der Waals surface area contributed by atoms with Crippen molar-refractivity contribution >= 4 is 11.6 Å². The lowest BCUT2D eigenvalue weighted by Gasteiger charge is -2.10. The standard InChI is InChI=1S/C10H13F2N3O/c11-10(12,7-16)6-14-9(13)15-8-4-2-1-3-5-8/h1-5,16H,6-7H2,(H3,13,14,15). The fraction of sp³-hybridized carbons (Fsp3) is 0.300. The first-order valence-corrected chi connectivity index (χ1v) is 4.64. The summed E-state index contributed by atoms with van der Waals surface area (Å²) >= 11 is 0. The molecule has 0 radical (unpaired) electrons. The number of anilines is 1. The molecule has 4 nitrogen and oxygen atoms in total. The van der Waals surface area contributed by atoms with Gasteiger partial charge in [-0.15, -0.1) is 0 Å². The number of nitrogens with two attached hydrogens (primary N) is 1. The first-order chi connectivity index (χ1) is 7.53. The van der Waals surface area contributed by atoms with Gasteiger partial charge in [-0.3, -0.25) is 0 Å². The number of nitrogens with one attached hydrogen (secondary N) is 1. The zero-order valence-electron chi connectivity index (χ0n) is 8.53. The molecule has 0 fully saturated rings. The fourth-order valence-corrected chi connectivity index (χ4v) is 0.960. The molecular weight excluding hydrogens is 216 g/mol. The first kappa shape index (κ1) is 12.4. The van der Waals surface area contributed by atoms with E-state index in [0.29, 0.717) is 5.69 Å². The van der Waals surface area contributed by atoms with Gasteiger partial charge in [-0.25, -0.2) is 13.8 Å². The summed E-state index contributed by atoms with van der Waals surface area (Å²) in [5, 5.41) is 11.0. The van der Waals surface area contributed by atoms with Crippen molar-refractivity contribution in [3.8, 4) is 0 Å². The topological polar surface area (TPSA) is 70.6 Å². The SMILES string of the molecule is NC(=NCC(F)(F)CO)Nc1ccccc1. The van der Waals surface area contributed by atoms with Crippen LogP contribution in [0, 0.1) is 0 Å². The molecule has 0 saturated heterocycles. The van der Waals surface area contributed by atoms with Crippen molar-refractivity contribution in [2.24, 2.45) is 10.7 Å². The van der Waals surface area contributed by atoms with Crippen molar-refractivity contribution in [1.29, 1.82) is 0 Å². The number of alkyl halides is 2. The minimum Gasteiger partial charge on any atom is -0.390 e. The molecule has 4 N–H and O–H groups in total. The maximum atomic E-state index is 12.6. The van der Waals surface area contributed by atoms with Gasteiger partial charge in [0.2, 0.25) is 0 Å². The third-order valence-corrected chi connectivity index (χ3v) is 1.76. The predicted molar refractivity (Wildman–Crippen MR) is 58.6 cm³/mol. The number of hydrogen-bond acceptors (Lipinski definition) is 2. The van der Waals surface area contributed by atoms with E-state index in [1.807, 2.05) is 6.07 Å². The molecule has 0 aromatic heterocycles. The Hall–Kier alpha value is -1.69. The van der Waals surface area contributed by atoms with E-state index in [1.54, 1.807) is 24.3 Å². The molecule has 0 amide bonds. The number of benzene rings is 1. The summed E-state index contributed by atoms with van der Waals surface area (Å²) in [6, 6.07) is 8.83. The second-order valence-electron chi connectivity index (χ2n) is 3.21. The number of nitrogens with zero attached hydrogens (tertiary/aromatic N) is 1. The molecule has 16 heavy (non-hydrogen) atoms. The molecule has 6 heteroatoms. The zero-order chi connectivity index (χ0) is 12.0. The lowest BCUT2D eigenvalue weighted by molar-refractivity contribution is -0.0404. The van der Waals surface area contributed by atoms with E-state index >= 15 is 0 Å². The number of guanidine groups is 1. The summed E-state index contributed by atoms with van der Waals surface area (Å²) in [5.74, 6) is -3.34. The summed E-state index contributed by atoms with van der Waals surface area (Å²) in [4.78, 5) is 3.44. The minimum atomic E-state index is -3.23. The van der Waals surface area contributed by atoms with Gasteiger partial charge in [-0.1, -0.05) is 18.2 Å². The van der Waals surface area contributed by atoms with Crippen LogP contribution in [-0.4, -0.2) is 30.1 Å². The second-order valence-corrected chi connectivity index (χ2v) is 3.21. The Kier molecular flexibility index (Phi) is 4.19. The number of aliphatic hydroxyl groups is 1. The van der Waals surface area contributed by atoms with Crippen LogP contribution in [0.1, 0.15) is 0 Å². The van der Waals surface area contributed by atoms with Gasteiger partial charge >= 0.3 is 0 Å². The van der Waals surface area contributed by atoms with Crippen molar-refractivity contribution in [2.75, 3.05) is 18.5 Å². The quantitative estimate of drug-likeness (QED) is 0.533. The van der Waals surface area contributed by atoms with Crippen LogP contribution in [0.3, 0.4) is 0 Å². The number of aliphatic hydroxyl groups excluding tert-OH is 1. The lowest BCUT2D eigenvalue weighted by atomic mass is 10.3. The van der Waals surface area contributed by atoms with Crippen LogP contribution < -0.4 is 11.1 Å². The van der Waals surface area contributed by atoms with Gasteiger partial charge in [0.05, 0.1) is 0 Å². The summed E-state index contributed by atoms with van der Waals surface area (Å²) in [6.07, 6.45) is 0. The van der Waals surface area contributed by atoms with E-state index in [4.69, 9.17) is 10.8 Å². The average Bonchev–Trinajstić information content (AvgIpc) is 2.28. The van der Waals surface area contributed by atoms with Gasteiger partial charge in [-0.2, -0.15) is 0 Å². The van der Waals surface area contributed by atoms with Gasteiger partial charge in [-0.05, 0) is 12.1 Å². The molecule has 1 rings (SSSR count). The van der Waals surface area contributed by atoms with Crippen LogP contribution in [0.25, 0.3) is 0 Å². The monoisotopic (exact) mass is 229 g/mol. The highest BCUT2D eigenvalue weighted by molar-refractivity contribution is 5.92. The molecule has 0 bridgehead atoms. The summed E-state index contributed by atoms with van der Waals surface area (Å²) in [6.45, 7) is -2.08. The number of rotatable bonds is 4. The van der Waals surface area contributed by atoms with Crippen molar-refractivity contribution in [3.05, 3.63) is 30.3 Å². The van der Waals surface area contributed by atoms with Crippen molar-refractivity contribution in [3.63, 3.8) is 0 Å². The summed E-state index contributed by atoms with van der Waals surface area (Å²) < 4.78 is 25.2. The molecule has 0 aliphatic rings. The zero-order valence-corrected chi connectivity index (χ0v) is 8.53. The Morgan fingerprint density at radius 1 is 1.38 bits per heavy atom. The Labute approximate surface area is 91.8 Å². The maximum absolute atomic E-state index is 12.6. The molecule has 1 aromatic rings. The molecule has 0 atom stereocenters. The normalized spacial score (nSPS) is 12.6. The highest BCUT2D eigenvalue weighted by atomic mass is 19.3. The molecular formula is C10H13F2N3O. The van der Waals surface area contributed by atoms with Crippen LogP contribution in [0.5, 0.6) is 0 Å². The Balaban J connectivity index is 2.53. The molecule has 0 aliphatic carbocycles. The molecule has 88 valence electrons. The fourth-order valence-electron chi connectivity index (χ4n) is 0.960. The summed E-state index contributed by atoms with van der Waals surface area (Å²) in [5.41, 5.74) is 6.05. The van der Waals surface area contributed by atoms with Crippen molar-refractivity contribution in [2.45, 2.75) is 5.92 Å². The van der Waals surface area contributed by atoms with Crippen LogP contribution in [0.4, 0.5) is 14.5 Å². The number of hydrogen-bond donors (Lipinski definition) is 3.